The Balaban J connectivity index is 1.81. The summed E-state index contributed by atoms with van der Waals surface area (Å²) in [5.74, 6) is 0.836. The van der Waals surface area contributed by atoms with Crippen LogP contribution in [0.4, 0.5) is 5.95 Å². The summed E-state index contributed by atoms with van der Waals surface area (Å²) in [5, 5.41) is 4.11. The third-order valence-corrected chi connectivity index (χ3v) is 3.22. The molecule has 0 amide bonds. The number of rotatable bonds is 4. The van der Waals surface area contributed by atoms with Crippen LogP contribution < -0.4 is 4.90 Å². The minimum absolute atomic E-state index is 0.125. The lowest BCUT2D eigenvalue weighted by Gasteiger charge is -2.20. The van der Waals surface area contributed by atoms with Crippen molar-refractivity contribution in [2.45, 2.75) is 18.9 Å². The molecule has 2 aromatic heterocycles. The van der Waals surface area contributed by atoms with Crippen LogP contribution in [0.2, 0.25) is 5.28 Å². The lowest BCUT2D eigenvalue weighted by atomic mass is 10.2. The Morgan fingerprint density at radius 3 is 3.05 bits per heavy atom. The second-order valence-electron chi connectivity index (χ2n) is 4.56. The zero-order valence-corrected chi connectivity index (χ0v) is 11.7. The molecule has 106 valence electrons. The van der Waals surface area contributed by atoms with E-state index in [9.17, 15) is 0 Å². The van der Waals surface area contributed by atoms with Crippen LogP contribution in [0.1, 0.15) is 12.8 Å². The van der Waals surface area contributed by atoms with Crippen LogP contribution in [-0.4, -0.2) is 56.0 Å². The molecule has 8 nitrogen and oxygen atoms in total. The first-order valence-electron chi connectivity index (χ1n) is 6.31. The smallest absolute Gasteiger partial charge is 0.258 e. The van der Waals surface area contributed by atoms with E-state index in [1.54, 1.807) is 0 Å². The van der Waals surface area contributed by atoms with E-state index < -0.39 is 0 Å². The van der Waals surface area contributed by atoms with Gasteiger partial charge in [-0.2, -0.15) is 24.7 Å². The lowest BCUT2D eigenvalue weighted by Crippen LogP contribution is -2.30. The molecular formula is C11H14ClN7O. The molecule has 3 heterocycles. The normalized spacial score (nSPS) is 18.4. The monoisotopic (exact) mass is 295 g/mol. The van der Waals surface area contributed by atoms with Crippen molar-refractivity contribution in [2.24, 2.45) is 0 Å². The van der Waals surface area contributed by atoms with Crippen molar-refractivity contribution in [3.8, 4) is 5.95 Å². The Bertz CT molecular complexity index is 570. The standard InChI is InChI=1S/C11H14ClN7O/c1-18(5-8-3-2-4-20-8)10-15-9(12)16-11(17-10)19-7-13-6-14-19/h6-8H,2-5H2,1H3. The third kappa shape index (κ3) is 2.86. The summed E-state index contributed by atoms with van der Waals surface area (Å²) in [7, 11) is 1.90. The maximum atomic E-state index is 5.95. The number of hydrogen-bond donors (Lipinski definition) is 0. The molecule has 1 aliphatic rings. The molecule has 0 bridgehead atoms. The molecule has 0 saturated carbocycles. The Morgan fingerprint density at radius 2 is 2.35 bits per heavy atom. The Labute approximate surface area is 120 Å². The second kappa shape index (κ2) is 5.68. The van der Waals surface area contributed by atoms with Gasteiger partial charge in [0.05, 0.1) is 6.10 Å². The molecule has 2 aromatic rings. The number of hydrogen-bond acceptors (Lipinski definition) is 7. The SMILES string of the molecule is CN(CC1CCCO1)c1nc(Cl)nc(-n2cncn2)n1. The highest BCUT2D eigenvalue weighted by Gasteiger charge is 2.19. The van der Waals surface area contributed by atoms with Gasteiger partial charge < -0.3 is 9.64 Å². The van der Waals surface area contributed by atoms with Gasteiger partial charge in [0.15, 0.2) is 0 Å². The molecule has 0 aromatic carbocycles. The molecule has 1 fully saturated rings. The van der Waals surface area contributed by atoms with Crippen LogP contribution in [0.5, 0.6) is 0 Å². The maximum absolute atomic E-state index is 5.95. The van der Waals surface area contributed by atoms with E-state index in [2.05, 4.69) is 25.0 Å². The van der Waals surface area contributed by atoms with Crippen LogP contribution >= 0.6 is 11.6 Å². The summed E-state index contributed by atoms with van der Waals surface area (Å²) in [6.45, 7) is 1.54. The van der Waals surface area contributed by atoms with Crippen LogP contribution in [0.3, 0.4) is 0 Å². The largest absolute Gasteiger partial charge is 0.376 e. The summed E-state index contributed by atoms with van der Waals surface area (Å²) in [6.07, 6.45) is 5.29. The van der Waals surface area contributed by atoms with Crippen LogP contribution in [0.25, 0.3) is 5.95 Å². The molecule has 1 saturated heterocycles. The fourth-order valence-corrected chi connectivity index (χ4v) is 2.24. The molecule has 20 heavy (non-hydrogen) atoms. The average molecular weight is 296 g/mol. The summed E-state index contributed by atoms with van der Waals surface area (Å²) >= 11 is 5.95. The highest BCUT2D eigenvalue weighted by Crippen LogP contribution is 2.16. The number of aromatic nitrogens is 6. The first-order valence-corrected chi connectivity index (χ1v) is 6.69. The minimum Gasteiger partial charge on any atom is -0.376 e. The molecular weight excluding hydrogens is 282 g/mol. The third-order valence-electron chi connectivity index (χ3n) is 3.05. The van der Waals surface area contributed by atoms with Crippen molar-refractivity contribution < 1.29 is 4.74 Å². The van der Waals surface area contributed by atoms with Gasteiger partial charge in [-0.15, -0.1) is 0 Å². The zero-order valence-electron chi connectivity index (χ0n) is 11.0. The molecule has 1 atom stereocenters. The summed E-state index contributed by atoms with van der Waals surface area (Å²) in [6, 6.07) is 0. The van der Waals surface area contributed by atoms with Crippen LogP contribution in [0.15, 0.2) is 12.7 Å². The van der Waals surface area contributed by atoms with E-state index >= 15 is 0 Å². The summed E-state index contributed by atoms with van der Waals surface area (Å²) in [5.41, 5.74) is 0. The van der Waals surface area contributed by atoms with Gasteiger partial charge in [0.2, 0.25) is 11.2 Å². The van der Waals surface area contributed by atoms with Crippen molar-refractivity contribution >= 4 is 17.5 Å². The number of halogens is 1. The minimum atomic E-state index is 0.125. The van der Waals surface area contributed by atoms with E-state index in [0.717, 1.165) is 26.0 Å². The molecule has 0 spiro atoms. The maximum Gasteiger partial charge on any atom is 0.258 e. The summed E-state index contributed by atoms with van der Waals surface area (Å²) < 4.78 is 7.05. The van der Waals surface area contributed by atoms with Crippen molar-refractivity contribution in [3.05, 3.63) is 17.9 Å². The fraction of sp³-hybridized carbons (Fsp3) is 0.545. The van der Waals surface area contributed by atoms with E-state index in [0.29, 0.717) is 11.9 Å². The quantitative estimate of drug-likeness (QED) is 0.822. The van der Waals surface area contributed by atoms with Gasteiger partial charge in [0, 0.05) is 20.2 Å². The van der Waals surface area contributed by atoms with E-state index in [1.807, 2.05) is 11.9 Å². The highest BCUT2D eigenvalue weighted by atomic mass is 35.5. The summed E-state index contributed by atoms with van der Waals surface area (Å²) in [4.78, 5) is 18.3. The van der Waals surface area contributed by atoms with Crippen molar-refractivity contribution in [2.75, 3.05) is 25.1 Å². The van der Waals surface area contributed by atoms with Crippen molar-refractivity contribution in [3.63, 3.8) is 0 Å². The average Bonchev–Trinajstić information content (AvgIpc) is 3.11. The van der Waals surface area contributed by atoms with Gasteiger partial charge in [-0.3, -0.25) is 0 Å². The topological polar surface area (TPSA) is 81.9 Å². The van der Waals surface area contributed by atoms with E-state index in [4.69, 9.17) is 16.3 Å². The second-order valence-corrected chi connectivity index (χ2v) is 4.90. The van der Waals surface area contributed by atoms with Gasteiger partial charge in [0.1, 0.15) is 12.7 Å². The Kier molecular flexibility index (Phi) is 3.75. The predicted molar refractivity (Wildman–Crippen MR) is 72.0 cm³/mol. The first kappa shape index (κ1) is 13.2. The highest BCUT2D eigenvalue weighted by molar-refractivity contribution is 6.28. The molecule has 9 heteroatoms. The van der Waals surface area contributed by atoms with Gasteiger partial charge in [-0.1, -0.05) is 0 Å². The van der Waals surface area contributed by atoms with Crippen molar-refractivity contribution in [1.82, 2.24) is 29.7 Å². The van der Waals surface area contributed by atoms with Gasteiger partial charge in [-0.05, 0) is 24.4 Å². The van der Waals surface area contributed by atoms with E-state index in [-0.39, 0.29) is 11.4 Å². The molecule has 0 N–H and O–H groups in total. The van der Waals surface area contributed by atoms with Crippen molar-refractivity contribution in [1.29, 1.82) is 0 Å². The Hall–Kier alpha value is -1.80. The van der Waals surface area contributed by atoms with Gasteiger partial charge in [0.25, 0.3) is 5.95 Å². The van der Waals surface area contributed by atoms with E-state index in [1.165, 1.54) is 17.3 Å². The number of likely N-dealkylation sites (N-methyl/N-ethyl adjacent to an activating group) is 1. The fourth-order valence-electron chi connectivity index (χ4n) is 2.09. The number of nitrogens with zero attached hydrogens (tertiary/aromatic N) is 7. The predicted octanol–water partition coefficient (Wildman–Crippen LogP) is 0.721. The lowest BCUT2D eigenvalue weighted by molar-refractivity contribution is 0.116. The van der Waals surface area contributed by atoms with Gasteiger partial charge in [-0.25, -0.2) is 4.98 Å². The first-order chi connectivity index (χ1) is 9.72. The molecule has 1 aliphatic heterocycles. The molecule has 0 aliphatic carbocycles. The van der Waals surface area contributed by atoms with Crippen LogP contribution in [-0.2, 0) is 4.74 Å². The molecule has 3 rings (SSSR count). The number of ether oxygens (including phenoxy) is 1. The van der Waals surface area contributed by atoms with Gasteiger partial charge >= 0.3 is 0 Å². The molecule has 0 radical (unpaired) electrons. The van der Waals surface area contributed by atoms with Crippen LogP contribution in [0, 0.1) is 0 Å². The molecule has 1 unspecified atom stereocenters. The zero-order chi connectivity index (χ0) is 13.9. The Morgan fingerprint density at radius 1 is 1.45 bits per heavy atom. The number of anilines is 1.